The van der Waals surface area contributed by atoms with E-state index in [1.807, 2.05) is 23.6 Å². The normalized spacial score (nSPS) is 12.1. The van der Waals surface area contributed by atoms with Crippen molar-refractivity contribution in [2.75, 3.05) is 13.2 Å². The molecule has 5 heteroatoms. The van der Waals surface area contributed by atoms with Crippen LogP contribution in [0.3, 0.4) is 0 Å². The van der Waals surface area contributed by atoms with Crippen molar-refractivity contribution in [1.29, 1.82) is 0 Å². The fourth-order valence-electron chi connectivity index (χ4n) is 2.24. The lowest BCUT2D eigenvalue weighted by atomic mass is 9.95. The summed E-state index contributed by atoms with van der Waals surface area (Å²) in [6.45, 7) is 0.763. The lowest BCUT2D eigenvalue weighted by Gasteiger charge is -2.15. The van der Waals surface area contributed by atoms with Gasteiger partial charge in [-0.1, -0.05) is 12.1 Å². The average Bonchev–Trinajstić information content (AvgIpc) is 3.01. The molecule has 0 radical (unpaired) electrons. The zero-order chi connectivity index (χ0) is 15.1. The Labute approximate surface area is 137 Å². The maximum Gasteiger partial charge on any atom is 0.252 e. The Morgan fingerprint density at radius 3 is 2.76 bits per heavy atom. The van der Waals surface area contributed by atoms with Gasteiger partial charge in [0.05, 0.1) is 5.56 Å². The number of hydrogen-bond donors (Lipinski definition) is 2. The number of nitrogens with one attached hydrogen (secondary N) is 1. The van der Waals surface area contributed by atoms with Crippen molar-refractivity contribution in [1.82, 2.24) is 5.32 Å². The Bertz CT molecular complexity index is 571. The van der Waals surface area contributed by atoms with Gasteiger partial charge in [0.1, 0.15) is 0 Å². The second-order valence-corrected chi connectivity index (χ2v) is 6.42. The maximum absolute atomic E-state index is 12.1. The van der Waals surface area contributed by atoms with Crippen LogP contribution in [-0.4, -0.2) is 24.2 Å². The molecule has 1 heterocycles. The van der Waals surface area contributed by atoms with Crippen LogP contribution in [0.2, 0.25) is 0 Å². The van der Waals surface area contributed by atoms with Gasteiger partial charge >= 0.3 is 0 Å². The second-order valence-electron chi connectivity index (χ2n) is 4.79. The molecular weight excluding hydrogens is 350 g/mol. The van der Waals surface area contributed by atoms with E-state index in [4.69, 9.17) is 5.11 Å². The van der Waals surface area contributed by atoms with Crippen LogP contribution in [0.1, 0.15) is 34.7 Å². The minimum Gasteiger partial charge on any atom is -0.396 e. The van der Waals surface area contributed by atoms with Crippen LogP contribution >= 0.6 is 27.3 Å². The van der Waals surface area contributed by atoms with Crippen molar-refractivity contribution in [3.05, 3.63) is 56.7 Å². The van der Waals surface area contributed by atoms with E-state index < -0.39 is 0 Å². The van der Waals surface area contributed by atoms with Crippen molar-refractivity contribution >= 4 is 33.2 Å². The van der Waals surface area contributed by atoms with Crippen LogP contribution in [0.4, 0.5) is 0 Å². The third kappa shape index (κ3) is 4.66. The van der Waals surface area contributed by atoms with E-state index in [2.05, 4.69) is 32.7 Å². The van der Waals surface area contributed by atoms with Gasteiger partial charge in [-0.25, -0.2) is 0 Å². The van der Waals surface area contributed by atoms with Gasteiger partial charge in [-0.3, -0.25) is 4.79 Å². The molecule has 0 aliphatic heterocycles. The summed E-state index contributed by atoms with van der Waals surface area (Å²) < 4.78 is 0.798. The van der Waals surface area contributed by atoms with Gasteiger partial charge in [0.15, 0.2) is 0 Å². The molecule has 2 aromatic rings. The smallest absolute Gasteiger partial charge is 0.252 e. The maximum atomic E-state index is 12.1. The van der Waals surface area contributed by atoms with Crippen LogP contribution in [0.5, 0.6) is 0 Å². The molecule has 1 atom stereocenters. The number of rotatable bonds is 7. The highest BCUT2D eigenvalue weighted by Gasteiger charge is 2.13. The molecule has 112 valence electrons. The summed E-state index contributed by atoms with van der Waals surface area (Å²) in [6, 6.07) is 9.47. The molecular formula is C16H18BrNO2S. The summed E-state index contributed by atoms with van der Waals surface area (Å²) in [5.74, 6) is 0.219. The number of hydrogen-bond acceptors (Lipinski definition) is 3. The second kappa shape index (κ2) is 8.32. The minimum absolute atomic E-state index is 0.0736. The van der Waals surface area contributed by atoms with Crippen molar-refractivity contribution in [2.45, 2.75) is 18.8 Å². The van der Waals surface area contributed by atoms with Gasteiger partial charge in [0.25, 0.3) is 5.91 Å². The first-order chi connectivity index (χ1) is 10.2. The Morgan fingerprint density at radius 2 is 2.10 bits per heavy atom. The molecule has 1 aromatic carbocycles. The lowest BCUT2D eigenvalue weighted by Crippen LogP contribution is -2.26. The molecule has 0 aliphatic carbocycles. The highest BCUT2D eigenvalue weighted by molar-refractivity contribution is 9.10. The third-order valence-electron chi connectivity index (χ3n) is 3.39. The van der Waals surface area contributed by atoms with Crippen molar-refractivity contribution in [3.63, 3.8) is 0 Å². The fourth-order valence-corrected chi connectivity index (χ4v) is 3.45. The lowest BCUT2D eigenvalue weighted by molar-refractivity contribution is 0.0951. The van der Waals surface area contributed by atoms with E-state index in [1.54, 1.807) is 17.4 Å². The monoisotopic (exact) mass is 367 g/mol. The van der Waals surface area contributed by atoms with E-state index in [0.717, 1.165) is 17.3 Å². The van der Waals surface area contributed by atoms with Gasteiger partial charge in [-0.2, -0.15) is 11.3 Å². The van der Waals surface area contributed by atoms with E-state index in [0.29, 0.717) is 18.0 Å². The average molecular weight is 368 g/mol. The van der Waals surface area contributed by atoms with Crippen LogP contribution in [0.25, 0.3) is 0 Å². The molecule has 0 bridgehead atoms. The predicted octanol–water partition coefficient (Wildman–Crippen LogP) is 3.80. The van der Waals surface area contributed by atoms with Crippen molar-refractivity contribution < 1.29 is 9.90 Å². The van der Waals surface area contributed by atoms with Gasteiger partial charge in [0, 0.05) is 17.6 Å². The first kappa shape index (κ1) is 16.2. The Hall–Kier alpha value is -1.17. The van der Waals surface area contributed by atoms with Crippen LogP contribution in [0, 0.1) is 0 Å². The van der Waals surface area contributed by atoms with E-state index >= 15 is 0 Å². The van der Waals surface area contributed by atoms with Crippen LogP contribution in [0.15, 0.2) is 45.6 Å². The quantitative estimate of drug-likeness (QED) is 0.781. The topological polar surface area (TPSA) is 49.3 Å². The zero-order valence-electron chi connectivity index (χ0n) is 11.6. The fraction of sp³-hybridized carbons (Fsp3) is 0.312. The molecule has 0 fully saturated rings. The van der Waals surface area contributed by atoms with Gasteiger partial charge < -0.3 is 10.4 Å². The molecule has 0 aliphatic rings. The summed E-state index contributed by atoms with van der Waals surface area (Å²) in [5.41, 5.74) is 1.89. The molecule has 0 spiro atoms. The Balaban J connectivity index is 1.88. The molecule has 1 aromatic heterocycles. The first-order valence-electron chi connectivity index (χ1n) is 6.88. The summed E-state index contributed by atoms with van der Waals surface area (Å²) in [4.78, 5) is 12.1. The molecule has 0 saturated heterocycles. The summed E-state index contributed by atoms with van der Waals surface area (Å²) >= 11 is 5.04. The number of thiophene rings is 1. The molecule has 21 heavy (non-hydrogen) atoms. The number of aliphatic hydroxyl groups excluding tert-OH is 1. The Kier molecular flexibility index (Phi) is 6.42. The highest BCUT2D eigenvalue weighted by atomic mass is 79.9. The SMILES string of the molecule is O=C(NCCC(CCO)c1ccsc1)c1ccccc1Br. The molecule has 0 saturated carbocycles. The zero-order valence-corrected chi connectivity index (χ0v) is 14.0. The number of amides is 1. The van der Waals surface area contributed by atoms with Crippen molar-refractivity contribution in [2.24, 2.45) is 0 Å². The van der Waals surface area contributed by atoms with Gasteiger partial charge in [-0.05, 0) is 69.2 Å². The highest BCUT2D eigenvalue weighted by Crippen LogP contribution is 2.25. The van der Waals surface area contributed by atoms with E-state index in [-0.39, 0.29) is 12.5 Å². The van der Waals surface area contributed by atoms with Crippen LogP contribution in [-0.2, 0) is 0 Å². The minimum atomic E-state index is -0.0736. The number of halogens is 1. The summed E-state index contributed by atoms with van der Waals surface area (Å²) in [7, 11) is 0. The molecule has 2 rings (SSSR count). The van der Waals surface area contributed by atoms with Crippen LogP contribution < -0.4 is 5.32 Å². The first-order valence-corrected chi connectivity index (χ1v) is 8.61. The van der Waals surface area contributed by atoms with Crippen molar-refractivity contribution in [3.8, 4) is 0 Å². The van der Waals surface area contributed by atoms with E-state index in [9.17, 15) is 4.79 Å². The van der Waals surface area contributed by atoms with Gasteiger partial charge in [-0.15, -0.1) is 0 Å². The predicted molar refractivity (Wildman–Crippen MR) is 89.9 cm³/mol. The van der Waals surface area contributed by atoms with E-state index in [1.165, 1.54) is 5.56 Å². The molecule has 1 amide bonds. The standard InChI is InChI=1S/C16H18BrNO2S/c17-15-4-2-1-3-14(15)16(20)18-8-5-12(6-9-19)13-7-10-21-11-13/h1-4,7,10-12,19H,5-6,8-9H2,(H,18,20). The third-order valence-corrected chi connectivity index (χ3v) is 4.78. The largest absolute Gasteiger partial charge is 0.396 e. The molecule has 1 unspecified atom stereocenters. The number of aliphatic hydroxyl groups is 1. The summed E-state index contributed by atoms with van der Waals surface area (Å²) in [6.07, 6.45) is 1.55. The number of carbonyl (C=O) groups is 1. The number of benzene rings is 1. The Morgan fingerprint density at radius 1 is 1.29 bits per heavy atom. The summed E-state index contributed by atoms with van der Waals surface area (Å²) in [5, 5.41) is 16.3. The number of carbonyl (C=O) groups excluding carboxylic acids is 1. The van der Waals surface area contributed by atoms with Gasteiger partial charge in [0.2, 0.25) is 0 Å². The molecule has 3 nitrogen and oxygen atoms in total. The molecule has 2 N–H and O–H groups in total.